The standard InChI is InChI=1S/C28H20Cl2N4O3/c29-21-8-11-24(30)23(16-21)20-12-13-33(27(35)15-20)26(14-18-4-2-1-3-5-18)28-31-17-25(32-28)19-6-9-22(10-7-19)34(36)37/h1-13,15-17,26H,14H2,(H,31,32). The molecule has 0 aliphatic carbocycles. The number of aromatic amines is 1. The number of nitro benzene ring substituents is 1. The van der Waals surface area contributed by atoms with Crippen LogP contribution in [0, 0.1) is 10.1 Å². The molecule has 7 nitrogen and oxygen atoms in total. The van der Waals surface area contributed by atoms with E-state index in [0.717, 1.165) is 11.1 Å². The van der Waals surface area contributed by atoms with Crippen molar-refractivity contribution in [3.05, 3.63) is 139 Å². The lowest BCUT2D eigenvalue weighted by Gasteiger charge is -2.19. The number of benzene rings is 3. The Balaban J connectivity index is 1.54. The lowest BCUT2D eigenvalue weighted by molar-refractivity contribution is -0.384. The van der Waals surface area contributed by atoms with Crippen molar-refractivity contribution >= 4 is 28.9 Å². The van der Waals surface area contributed by atoms with Crippen LogP contribution in [0.1, 0.15) is 17.4 Å². The van der Waals surface area contributed by atoms with Gasteiger partial charge in [0.15, 0.2) is 0 Å². The summed E-state index contributed by atoms with van der Waals surface area (Å²) in [6, 6.07) is 24.1. The highest BCUT2D eigenvalue weighted by Crippen LogP contribution is 2.31. The maximum Gasteiger partial charge on any atom is 0.269 e. The third kappa shape index (κ3) is 5.33. The molecule has 0 saturated carbocycles. The van der Waals surface area contributed by atoms with Crippen molar-refractivity contribution in [2.24, 2.45) is 0 Å². The Morgan fingerprint density at radius 1 is 0.946 bits per heavy atom. The Kier molecular flexibility index (Phi) is 6.90. The van der Waals surface area contributed by atoms with E-state index >= 15 is 0 Å². The van der Waals surface area contributed by atoms with Crippen molar-refractivity contribution in [1.29, 1.82) is 0 Å². The molecule has 9 heteroatoms. The fraction of sp³-hybridized carbons (Fsp3) is 0.0714. The Morgan fingerprint density at radius 2 is 1.70 bits per heavy atom. The fourth-order valence-electron chi connectivity index (χ4n) is 4.21. The first-order chi connectivity index (χ1) is 17.9. The fourth-order valence-corrected chi connectivity index (χ4v) is 4.61. The van der Waals surface area contributed by atoms with Crippen molar-refractivity contribution < 1.29 is 4.92 Å². The molecule has 0 saturated heterocycles. The summed E-state index contributed by atoms with van der Waals surface area (Å²) < 4.78 is 1.63. The Hall–Kier alpha value is -4.20. The summed E-state index contributed by atoms with van der Waals surface area (Å²) in [6.45, 7) is 0. The van der Waals surface area contributed by atoms with E-state index in [1.165, 1.54) is 18.2 Å². The van der Waals surface area contributed by atoms with Gasteiger partial charge in [0.1, 0.15) is 5.82 Å². The summed E-state index contributed by atoms with van der Waals surface area (Å²) >= 11 is 12.5. The third-order valence-corrected chi connectivity index (χ3v) is 6.66. The predicted molar refractivity (Wildman–Crippen MR) is 145 cm³/mol. The zero-order chi connectivity index (χ0) is 25.9. The second kappa shape index (κ2) is 10.4. The highest BCUT2D eigenvalue weighted by molar-refractivity contribution is 6.35. The van der Waals surface area contributed by atoms with Gasteiger partial charge in [-0.25, -0.2) is 4.98 Å². The smallest absolute Gasteiger partial charge is 0.269 e. The molecule has 0 radical (unpaired) electrons. The number of imidazole rings is 1. The number of aromatic nitrogens is 3. The summed E-state index contributed by atoms with van der Waals surface area (Å²) in [7, 11) is 0. The quantitative estimate of drug-likeness (QED) is 0.182. The first-order valence-electron chi connectivity index (χ1n) is 11.4. The third-order valence-electron chi connectivity index (χ3n) is 6.10. The van der Waals surface area contributed by atoms with Gasteiger partial charge >= 0.3 is 0 Å². The number of hydrogen-bond donors (Lipinski definition) is 1. The number of non-ortho nitro benzene ring substituents is 1. The number of nitro groups is 1. The molecule has 2 aromatic heterocycles. The number of nitrogens with zero attached hydrogens (tertiary/aromatic N) is 3. The van der Waals surface area contributed by atoms with E-state index in [0.29, 0.717) is 39.1 Å². The van der Waals surface area contributed by atoms with Crippen LogP contribution in [-0.2, 0) is 6.42 Å². The van der Waals surface area contributed by atoms with Gasteiger partial charge in [-0.3, -0.25) is 14.9 Å². The minimum absolute atomic E-state index is 0.0110. The second-order valence-corrected chi connectivity index (χ2v) is 9.32. The second-order valence-electron chi connectivity index (χ2n) is 8.48. The van der Waals surface area contributed by atoms with Gasteiger partial charge in [-0.15, -0.1) is 0 Å². The number of hydrogen-bond acceptors (Lipinski definition) is 4. The maximum atomic E-state index is 13.4. The number of rotatable bonds is 7. The summed E-state index contributed by atoms with van der Waals surface area (Å²) in [4.78, 5) is 31.8. The van der Waals surface area contributed by atoms with Crippen molar-refractivity contribution in [3.63, 3.8) is 0 Å². The molecular formula is C28H20Cl2N4O3. The van der Waals surface area contributed by atoms with Crippen molar-refractivity contribution in [1.82, 2.24) is 14.5 Å². The molecule has 5 aromatic rings. The van der Waals surface area contributed by atoms with Crippen LogP contribution in [0.25, 0.3) is 22.4 Å². The van der Waals surface area contributed by atoms with Crippen LogP contribution in [-0.4, -0.2) is 19.5 Å². The first kappa shape index (κ1) is 24.5. The van der Waals surface area contributed by atoms with Gasteiger partial charge in [-0.1, -0.05) is 53.5 Å². The van der Waals surface area contributed by atoms with E-state index in [4.69, 9.17) is 23.2 Å². The summed E-state index contributed by atoms with van der Waals surface area (Å²) in [6.07, 6.45) is 3.92. The Labute approximate surface area is 222 Å². The van der Waals surface area contributed by atoms with Gasteiger partial charge in [-0.2, -0.15) is 0 Å². The Morgan fingerprint density at radius 3 is 2.41 bits per heavy atom. The topological polar surface area (TPSA) is 93.8 Å². The van der Waals surface area contributed by atoms with Crippen LogP contribution < -0.4 is 5.56 Å². The van der Waals surface area contributed by atoms with Gasteiger partial charge in [0.2, 0.25) is 0 Å². The monoisotopic (exact) mass is 530 g/mol. The molecule has 0 spiro atoms. The molecule has 5 rings (SSSR count). The highest BCUT2D eigenvalue weighted by Gasteiger charge is 2.20. The normalized spacial score (nSPS) is 11.8. The van der Waals surface area contributed by atoms with Gasteiger partial charge in [0, 0.05) is 52.0 Å². The maximum absolute atomic E-state index is 13.4. The van der Waals surface area contributed by atoms with E-state index in [-0.39, 0.29) is 11.2 Å². The average molecular weight is 531 g/mol. The summed E-state index contributed by atoms with van der Waals surface area (Å²) in [5.74, 6) is 0.591. The molecule has 0 fully saturated rings. The molecule has 3 aromatic carbocycles. The number of pyridine rings is 1. The van der Waals surface area contributed by atoms with E-state index in [1.807, 2.05) is 36.4 Å². The lowest BCUT2D eigenvalue weighted by atomic mass is 10.0. The van der Waals surface area contributed by atoms with Gasteiger partial charge in [0.25, 0.3) is 11.2 Å². The minimum Gasteiger partial charge on any atom is -0.340 e. The van der Waals surface area contributed by atoms with Crippen LogP contribution in [0.3, 0.4) is 0 Å². The summed E-state index contributed by atoms with van der Waals surface area (Å²) in [5, 5.41) is 12.0. The SMILES string of the molecule is O=c1cc(-c2cc(Cl)ccc2Cl)ccn1C(Cc1ccccc1)c1ncc(-c2ccc([N+](=O)[O-])cc2)[nH]1. The Bertz CT molecular complexity index is 1630. The van der Waals surface area contributed by atoms with Crippen LogP contribution >= 0.6 is 23.2 Å². The zero-order valence-electron chi connectivity index (χ0n) is 19.3. The summed E-state index contributed by atoms with van der Waals surface area (Å²) in [5.41, 5.74) is 3.61. The van der Waals surface area contributed by atoms with Crippen molar-refractivity contribution in [3.8, 4) is 22.4 Å². The molecule has 37 heavy (non-hydrogen) atoms. The molecular weight excluding hydrogens is 511 g/mol. The molecule has 0 aliphatic heterocycles. The molecule has 1 unspecified atom stereocenters. The average Bonchev–Trinajstić information content (AvgIpc) is 3.40. The molecule has 0 aliphatic rings. The highest BCUT2D eigenvalue weighted by atomic mass is 35.5. The van der Waals surface area contributed by atoms with Crippen LogP contribution in [0.2, 0.25) is 10.0 Å². The van der Waals surface area contributed by atoms with Gasteiger partial charge in [-0.05, 0) is 47.5 Å². The van der Waals surface area contributed by atoms with Gasteiger partial charge < -0.3 is 9.55 Å². The molecule has 1 atom stereocenters. The van der Waals surface area contributed by atoms with E-state index in [2.05, 4.69) is 9.97 Å². The van der Waals surface area contributed by atoms with E-state index in [9.17, 15) is 14.9 Å². The molecule has 1 N–H and O–H groups in total. The van der Waals surface area contributed by atoms with Crippen LogP contribution in [0.5, 0.6) is 0 Å². The zero-order valence-corrected chi connectivity index (χ0v) is 20.9. The first-order valence-corrected chi connectivity index (χ1v) is 12.2. The number of halogens is 2. The van der Waals surface area contributed by atoms with E-state index < -0.39 is 11.0 Å². The number of H-pyrrole nitrogens is 1. The number of nitrogens with one attached hydrogen (secondary N) is 1. The van der Waals surface area contributed by atoms with Crippen LogP contribution in [0.4, 0.5) is 5.69 Å². The lowest BCUT2D eigenvalue weighted by Crippen LogP contribution is -2.27. The van der Waals surface area contributed by atoms with E-state index in [1.54, 1.807) is 47.3 Å². The molecule has 184 valence electrons. The predicted octanol–water partition coefficient (Wildman–Crippen LogP) is 6.95. The van der Waals surface area contributed by atoms with Gasteiger partial charge in [0.05, 0.1) is 22.9 Å². The van der Waals surface area contributed by atoms with Crippen molar-refractivity contribution in [2.75, 3.05) is 0 Å². The molecule has 0 amide bonds. The largest absolute Gasteiger partial charge is 0.340 e. The molecule has 0 bridgehead atoms. The minimum atomic E-state index is -0.440. The van der Waals surface area contributed by atoms with Crippen LogP contribution in [0.15, 0.2) is 102 Å². The molecule has 2 heterocycles. The van der Waals surface area contributed by atoms with Crippen molar-refractivity contribution in [2.45, 2.75) is 12.5 Å².